The van der Waals surface area contributed by atoms with Crippen LogP contribution < -0.4 is 5.32 Å². The molecule has 0 saturated carbocycles. The number of nitrogens with zero attached hydrogens (tertiary/aromatic N) is 6. The van der Waals surface area contributed by atoms with E-state index in [4.69, 9.17) is 0 Å². The van der Waals surface area contributed by atoms with Crippen molar-refractivity contribution in [2.24, 2.45) is 0 Å². The van der Waals surface area contributed by atoms with Gasteiger partial charge in [0.2, 0.25) is 5.91 Å². The number of carbonyl (C=O) groups is 1. The lowest BCUT2D eigenvalue weighted by atomic mass is 10.1. The lowest BCUT2D eigenvalue weighted by Gasteiger charge is -2.23. The minimum Gasteiger partial charge on any atom is -0.310 e. The smallest absolute Gasteiger partial charge is 0.227 e. The second kappa shape index (κ2) is 7.07. The van der Waals surface area contributed by atoms with Crippen LogP contribution in [-0.4, -0.2) is 35.9 Å². The van der Waals surface area contributed by atoms with E-state index in [-0.39, 0.29) is 17.9 Å². The number of aryl methyl sites for hydroxylation is 2. The number of rotatable bonds is 5. The van der Waals surface area contributed by atoms with Crippen LogP contribution in [0.25, 0.3) is 11.1 Å². The van der Waals surface area contributed by atoms with Gasteiger partial charge in [0, 0.05) is 12.0 Å². The second-order valence-corrected chi connectivity index (χ2v) is 7.10. The molecule has 0 aliphatic carbocycles. The predicted octanol–water partition coefficient (Wildman–Crippen LogP) is 2.63. The first-order valence-electron chi connectivity index (χ1n) is 8.53. The average molecular weight is 353 g/mol. The number of hydrogen-bond donors (Lipinski definition) is 1. The molecule has 0 bridgehead atoms. The van der Waals surface area contributed by atoms with Gasteiger partial charge in [-0.2, -0.15) is 5.10 Å². The molecular weight excluding hydrogens is 330 g/mol. The second-order valence-electron chi connectivity index (χ2n) is 7.10. The molecule has 26 heavy (non-hydrogen) atoms. The van der Waals surface area contributed by atoms with Crippen molar-refractivity contribution in [2.75, 3.05) is 5.32 Å². The van der Waals surface area contributed by atoms with Crippen LogP contribution in [0.15, 0.2) is 36.5 Å². The first-order valence-corrected chi connectivity index (χ1v) is 8.53. The van der Waals surface area contributed by atoms with E-state index < -0.39 is 0 Å². The zero-order valence-electron chi connectivity index (χ0n) is 15.5. The Balaban J connectivity index is 1.84. The number of anilines is 1. The minimum atomic E-state index is -0.262. The van der Waals surface area contributed by atoms with Gasteiger partial charge in [0.05, 0.1) is 18.3 Å². The molecule has 1 amide bonds. The summed E-state index contributed by atoms with van der Waals surface area (Å²) in [4.78, 5) is 12.5. The van der Waals surface area contributed by atoms with Gasteiger partial charge in [-0.05, 0) is 43.7 Å². The fourth-order valence-electron chi connectivity index (χ4n) is 2.66. The van der Waals surface area contributed by atoms with E-state index in [1.54, 1.807) is 17.8 Å². The van der Waals surface area contributed by atoms with Crippen LogP contribution in [0.2, 0.25) is 0 Å². The number of hydrogen-bond acceptors (Lipinski definition) is 5. The molecule has 8 nitrogen and oxygen atoms in total. The zero-order chi connectivity index (χ0) is 18.7. The van der Waals surface area contributed by atoms with Gasteiger partial charge in [0.1, 0.15) is 11.6 Å². The summed E-state index contributed by atoms with van der Waals surface area (Å²) in [6.45, 7) is 8.38. The largest absolute Gasteiger partial charge is 0.310 e. The third-order valence-electron chi connectivity index (χ3n) is 4.01. The summed E-state index contributed by atoms with van der Waals surface area (Å²) in [5.41, 5.74) is 1.64. The maximum absolute atomic E-state index is 12.5. The molecule has 8 heteroatoms. The van der Waals surface area contributed by atoms with Crippen LogP contribution in [0.4, 0.5) is 5.82 Å². The van der Waals surface area contributed by atoms with Gasteiger partial charge in [-0.25, -0.2) is 9.36 Å². The molecule has 1 aromatic carbocycles. The van der Waals surface area contributed by atoms with Crippen molar-refractivity contribution < 1.29 is 4.79 Å². The Labute approximate surface area is 152 Å². The molecule has 0 radical (unpaired) electrons. The van der Waals surface area contributed by atoms with Crippen molar-refractivity contribution in [3.8, 4) is 11.1 Å². The predicted molar refractivity (Wildman–Crippen MR) is 98.5 cm³/mol. The van der Waals surface area contributed by atoms with Crippen LogP contribution in [0, 0.1) is 6.92 Å². The first kappa shape index (κ1) is 17.8. The number of aromatic nitrogens is 6. The van der Waals surface area contributed by atoms with Gasteiger partial charge < -0.3 is 5.32 Å². The van der Waals surface area contributed by atoms with Crippen LogP contribution in [0.1, 0.15) is 33.0 Å². The summed E-state index contributed by atoms with van der Waals surface area (Å²) in [5.74, 6) is 1.27. The maximum atomic E-state index is 12.5. The van der Waals surface area contributed by atoms with E-state index in [0.717, 1.165) is 11.1 Å². The van der Waals surface area contributed by atoms with Gasteiger partial charge in [-0.3, -0.25) is 4.79 Å². The van der Waals surface area contributed by atoms with Gasteiger partial charge >= 0.3 is 0 Å². The summed E-state index contributed by atoms with van der Waals surface area (Å²) in [6, 6.07) is 9.91. The quantitative estimate of drug-likeness (QED) is 0.761. The molecule has 0 aliphatic heterocycles. The summed E-state index contributed by atoms with van der Waals surface area (Å²) < 4.78 is 3.45. The molecule has 2 heterocycles. The monoisotopic (exact) mass is 353 g/mol. The summed E-state index contributed by atoms with van der Waals surface area (Å²) in [7, 11) is 0. The molecule has 3 rings (SSSR count). The lowest BCUT2D eigenvalue weighted by Crippen LogP contribution is -2.27. The van der Waals surface area contributed by atoms with E-state index in [9.17, 15) is 4.79 Å². The van der Waals surface area contributed by atoms with E-state index in [1.165, 1.54) is 0 Å². The molecule has 0 fully saturated rings. The molecule has 0 saturated heterocycles. The highest BCUT2D eigenvalue weighted by Gasteiger charge is 2.23. The molecule has 3 aromatic rings. The third-order valence-corrected chi connectivity index (χ3v) is 4.01. The zero-order valence-corrected chi connectivity index (χ0v) is 15.5. The molecule has 2 aromatic heterocycles. The standard InChI is InChI=1S/C18H23N7O/c1-13-21-22-23-24(13)11-10-16(26)20-17-15(14-8-6-5-7-9-14)12-19-25(17)18(2,3)4/h5-9,12H,10-11H2,1-4H3,(H,20,26). The Kier molecular flexibility index (Phi) is 4.83. The van der Waals surface area contributed by atoms with Crippen LogP contribution in [-0.2, 0) is 16.9 Å². The molecule has 136 valence electrons. The first-order chi connectivity index (χ1) is 12.4. The lowest BCUT2D eigenvalue weighted by molar-refractivity contribution is -0.116. The van der Waals surface area contributed by atoms with E-state index in [0.29, 0.717) is 18.2 Å². The SMILES string of the molecule is Cc1nnnn1CCC(=O)Nc1c(-c2ccccc2)cnn1C(C)(C)C. The minimum absolute atomic E-state index is 0.108. The van der Waals surface area contributed by atoms with Crippen molar-refractivity contribution in [3.05, 3.63) is 42.4 Å². The molecule has 0 atom stereocenters. The number of tetrazole rings is 1. The molecule has 0 aliphatic rings. The van der Waals surface area contributed by atoms with Gasteiger partial charge in [-0.1, -0.05) is 30.3 Å². The average Bonchev–Trinajstić information content (AvgIpc) is 3.19. The molecule has 1 N–H and O–H groups in total. The van der Waals surface area contributed by atoms with E-state index in [2.05, 4.69) is 46.7 Å². The Morgan fingerprint density at radius 2 is 1.92 bits per heavy atom. The number of benzene rings is 1. The molecular formula is C18H23N7O. The van der Waals surface area contributed by atoms with Gasteiger partial charge in [-0.15, -0.1) is 5.10 Å². The van der Waals surface area contributed by atoms with Crippen LogP contribution in [0.5, 0.6) is 0 Å². The topological polar surface area (TPSA) is 90.5 Å². The highest BCUT2D eigenvalue weighted by molar-refractivity contribution is 5.94. The van der Waals surface area contributed by atoms with Crippen LogP contribution in [0.3, 0.4) is 0 Å². The Bertz CT molecular complexity index is 890. The Morgan fingerprint density at radius 1 is 1.19 bits per heavy atom. The van der Waals surface area contributed by atoms with Crippen molar-refractivity contribution in [1.29, 1.82) is 0 Å². The Hall–Kier alpha value is -3.03. The number of carbonyl (C=O) groups excluding carboxylic acids is 1. The van der Waals surface area contributed by atoms with Crippen molar-refractivity contribution in [1.82, 2.24) is 30.0 Å². The van der Waals surface area contributed by atoms with Gasteiger partial charge in [0.25, 0.3) is 0 Å². The molecule has 0 unspecified atom stereocenters. The number of nitrogens with one attached hydrogen (secondary N) is 1. The van der Waals surface area contributed by atoms with E-state index >= 15 is 0 Å². The third kappa shape index (κ3) is 3.79. The highest BCUT2D eigenvalue weighted by Crippen LogP contribution is 2.31. The molecule has 0 spiro atoms. The normalized spacial score (nSPS) is 11.5. The van der Waals surface area contributed by atoms with Crippen LogP contribution >= 0.6 is 0 Å². The fraction of sp³-hybridized carbons (Fsp3) is 0.389. The summed E-state index contributed by atoms with van der Waals surface area (Å²) >= 11 is 0. The Morgan fingerprint density at radius 3 is 2.54 bits per heavy atom. The summed E-state index contributed by atoms with van der Waals surface area (Å²) in [5, 5.41) is 18.8. The fourth-order valence-corrected chi connectivity index (χ4v) is 2.66. The van der Waals surface area contributed by atoms with Crippen molar-refractivity contribution in [3.63, 3.8) is 0 Å². The maximum Gasteiger partial charge on any atom is 0.227 e. The highest BCUT2D eigenvalue weighted by atomic mass is 16.1. The van der Waals surface area contributed by atoms with Gasteiger partial charge in [0.15, 0.2) is 0 Å². The van der Waals surface area contributed by atoms with E-state index in [1.807, 2.05) is 35.0 Å². The van der Waals surface area contributed by atoms with Crippen molar-refractivity contribution >= 4 is 11.7 Å². The number of amides is 1. The summed E-state index contributed by atoms with van der Waals surface area (Å²) in [6.07, 6.45) is 2.07. The van der Waals surface area contributed by atoms with Crippen molar-refractivity contribution in [2.45, 2.75) is 46.2 Å².